The second-order valence-electron chi connectivity index (χ2n) is 3.50. The molecule has 1 rings (SSSR count). The highest BCUT2D eigenvalue weighted by Gasteiger charge is 2.20. The van der Waals surface area contributed by atoms with Crippen LogP contribution >= 0.6 is 0 Å². The van der Waals surface area contributed by atoms with E-state index in [4.69, 9.17) is 5.11 Å². The second-order valence-corrected chi connectivity index (χ2v) is 3.50. The molecule has 0 saturated carbocycles. The number of hydrogen-bond acceptors (Lipinski definition) is 3. The van der Waals surface area contributed by atoms with Crippen LogP contribution in [0.3, 0.4) is 0 Å². The van der Waals surface area contributed by atoms with Gasteiger partial charge in [0.1, 0.15) is 0 Å². The quantitative estimate of drug-likeness (QED) is 0.658. The molecule has 0 spiro atoms. The zero-order chi connectivity index (χ0) is 11.3. The van der Waals surface area contributed by atoms with Crippen molar-refractivity contribution in [3.63, 3.8) is 0 Å². The van der Waals surface area contributed by atoms with Crippen molar-refractivity contribution < 1.29 is 14.7 Å². The van der Waals surface area contributed by atoms with E-state index in [2.05, 4.69) is 0 Å². The largest absolute Gasteiger partial charge is 0.480 e. The van der Waals surface area contributed by atoms with E-state index < -0.39 is 5.97 Å². The van der Waals surface area contributed by atoms with Crippen molar-refractivity contribution in [1.29, 1.82) is 0 Å². The van der Waals surface area contributed by atoms with Gasteiger partial charge in [0.15, 0.2) is 0 Å². The predicted octanol–water partition coefficient (Wildman–Crippen LogP) is -0.209. The summed E-state index contributed by atoms with van der Waals surface area (Å²) in [7, 11) is 0. The van der Waals surface area contributed by atoms with E-state index in [1.54, 1.807) is 17.9 Å². The number of carboxylic acid groups (broad SMARTS) is 1. The van der Waals surface area contributed by atoms with Crippen molar-refractivity contribution in [2.45, 2.75) is 6.92 Å². The highest BCUT2D eigenvalue weighted by molar-refractivity contribution is 5.87. The van der Waals surface area contributed by atoms with E-state index in [0.717, 1.165) is 0 Å². The van der Waals surface area contributed by atoms with E-state index in [9.17, 15) is 9.59 Å². The third-order valence-electron chi connectivity index (χ3n) is 2.35. The summed E-state index contributed by atoms with van der Waals surface area (Å²) in [5.74, 6) is -0.810. The molecule has 1 heterocycles. The Morgan fingerprint density at radius 3 is 2.33 bits per heavy atom. The molecular weight excluding hydrogens is 196 g/mol. The lowest BCUT2D eigenvalue weighted by Gasteiger charge is -2.33. The van der Waals surface area contributed by atoms with Gasteiger partial charge in [0.05, 0.1) is 6.54 Å². The van der Waals surface area contributed by atoms with Crippen molar-refractivity contribution in [3.05, 3.63) is 12.2 Å². The molecule has 5 heteroatoms. The zero-order valence-electron chi connectivity index (χ0n) is 8.85. The monoisotopic (exact) mass is 212 g/mol. The number of carboxylic acids is 1. The molecule has 0 atom stereocenters. The van der Waals surface area contributed by atoms with Gasteiger partial charge in [-0.2, -0.15) is 0 Å². The van der Waals surface area contributed by atoms with E-state index in [-0.39, 0.29) is 12.5 Å². The van der Waals surface area contributed by atoms with Crippen molar-refractivity contribution >= 4 is 11.9 Å². The first-order chi connectivity index (χ1) is 7.13. The van der Waals surface area contributed by atoms with Crippen LogP contribution in [0.25, 0.3) is 0 Å². The van der Waals surface area contributed by atoms with Gasteiger partial charge in [-0.25, -0.2) is 0 Å². The average molecular weight is 212 g/mol. The fourth-order valence-corrected chi connectivity index (χ4v) is 1.57. The minimum absolute atomic E-state index is 0.00692. The molecule has 5 nitrogen and oxygen atoms in total. The molecule has 84 valence electrons. The van der Waals surface area contributed by atoms with Crippen LogP contribution in [-0.4, -0.2) is 59.5 Å². The molecule has 1 fully saturated rings. The third-order valence-corrected chi connectivity index (χ3v) is 2.35. The maximum atomic E-state index is 11.4. The number of nitrogens with zero attached hydrogens (tertiary/aromatic N) is 2. The van der Waals surface area contributed by atoms with Crippen LogP contribution in [0.1, 0.15) is 6.92 Å². The standard InChI is InChI=1S/C10H16N2O3/c1-2-3-9(13)12-6-4-11(5-7-12)8-10(14)15/h2-3H,4-8H2,1H3,(H,14,15)/b3-2+. The maximum absolute atomic E-state index is 11.4. The SMILES string of the molecule is C/C=C/C(=O)N1CCN(CC(=O)O)CC1. The Balaban J connectivity index is 2.35. The fraction of sp³-hybridized carbons (Fsp3) is 0.600. The van der Waals surface area contributed by atoms with Crippen LogP contribution in [0.15, 0.2) is 12.2 Å². The highest BCUT2D eigenvalue weighted by Crippen LogP contribution is 2.02. The van der Waals surface area contributed by atoms with Gasteiger partial charge in [0.25, 0.3) is 0 Å². The predicted molar refractivity (Wildman–Crippen MR) is 55.5 cm³/mol. The van der Waals surface area contributed by atoms with Gasteiger partial charge in [-0.3, -0.25) is 14.5 Å². The normalized spacial score (nSPS) is 18.3. The number of carbonyl (C=O) groups excluding carboxylic acids is 1. The summed E-state index contributed by atoms with van der Waals surface area (Å²) in [6.07, 6.45) is 3.25. The van der Waals surface area contributed by atoms with E-state index in [1.165, 1.54) is 6.08 Å². The van der Waals surface area contributed by atoms with Crippen LogP contribution in [0.4, 0.5) is 0 Å². The first-order valence-corrected chi connectivity index (χ1v) is 4.99. The minimum Gasteiger partial charge on any atom is -0.480 e. The molecule has 0 bridgehead atoms. The van der Waals surface area contributed by atoms with Crippen molar-refractivity contribution in [2.75, 3.05) is 32.7 Å². The van der Waals surface area contributed by atoms with Gasteiger partial charge in [0.2, 0.25) is 5.91 Å². The Bertz CT molecular complexity index is 268. The Kier molecular flexibility index (Phi) is 4.30. The van der Waals surface area contributed by atoms with Gasteiger partial charge in [-0.1, -0.05) is 6.08 Å². The van der Waals surface area contributed by atoms with Crippen LogP contribution in [-0.2, 0) is 9.59 Å². The summed E-state index contributed by atoms with van der Waals surface area (Å²) < 4.78 is 0. The molecule has 15 heavy (non-hydrogen) atoms. The molecular formula is C10H16N2O3. The number of aliphatic carboxylic acids is 1. The van der Waals surface area contributed by atoms with Crippen LogP contribution < -0.4 is 0 Å². The lowest BCUT2D eigenvalue weighted by molar-refractivity contribution is -0.139. The Morgan fingerprint density at radius 1 is 1.27 bits per heavy atom. The van der Waals surface area contributed by atoms with Gasteiger partial charge in [-0.05, 0) is 13.0 Å². The van der Waals surface area contributed by atoms with Crippen molar-refractivity contribution in [3.8, 4) is 0 Å². The van der Waals surface area contributed by atoms with Gasteiger partial charge >= 0.3 is 5.97 Å². The summed E-state index contributed by atoms with van der Waals surface area (Å²) in [5.41, 5.74) is 0. The number of hydrogen-bond donors (Lipinski definition) is 1. The fourth-order valence-electron chi connectivity index (χ4n) is 1.57. The molecule has 1 amide bonds. The third kappa shape index (κ3) is 3.71. The molecule has 0 aliphatic carbocycles. The lowest BCUT2D eigenvalue weighted by atomic mass is 10.3. The maximum Gasteiger partial charge on any atom is 0.317 e. The summed E-state index contributed by atoms with van der Waals surface area (Å²) in [6.45, 7) is 4.35. The second kappa shape index (κ2) is 5.50. The number of carbonyl (C=O) groups is 2. The number of piperazine rings is 1. The molecule has 0 aromatic rings. The number of amides is 1. The van der Waals surface area contributed by atoms with Crippen LogP contribution in [0.2, 0.25) is 0 Å². The van der Waals surface area contributed by atoms with E-state index in [0.29, 0.717) is 26.2 Å². The summed E-state index contributed by atoms with van der Waals surface area (Å²) in [4.78, 5) is 25.5. The minimum atomic E-state index is -0.816. The highest BCUT2D eigenvalue weighted by atomic mass is 16.4. The Hall–Kier alpha value is -1.36. The topological polar surface area (TPSA) is 60.9 Å². The Morgan fingerprint density at radius 2 is 1.87 bits per heavy atom. The summed E-state index contributed by atoms with van der Waals surface area (Å²) in [6, 6.07) is 0. The summed E-state index contributed by atoms with van der Waals surface area (Å²) >= 11 is 0. The van der Waals surface area contributed by atoms with Crippen LogP contribution in [0.5, 0.6) is 0 Å². The number of rotatable bonds is 3. The summed E-state index contributed by atoms with van der Waals surface area (Å²) in [5, 5.41) is 8.59. The molecule has 1 aliphatic heterocycles. The first-order valence-electron chi connectivity index (χ1n) is 4.99. The molecule has 0 aromatic carbocycles. The number of allylic oxidation sites excluding steroid dienone is 1. The molecule has 0 aromatic heterocycles. The Labute approximate surface area is 89.0 Å². The smallest absolute Gasteiger partial charge is 0.317 e. The molecule has 1 N–H and O–H groups in total. The molecule has 1 aliphatic rings. The first kappa shape index (κ1) is 11.7. The van der Waals surface area contributed by atoms with Crippen molar-refractivity contribution in [1.82, 2.24) is 9.80 Å². The average Bonchev–Trinajstić information content (AvgIpc) is 2.18. The van der Waals surface area contributed by atoms with Crippen molar-refractivity contribution in [2.24, 2.45) is 0 Å². The van der Waals surface area contributed by atoms with E-state index in [1.807, 2.05) is 4.90 Å². The molecule has 1 saturated heterocycles. The van der Waals surface area contributed by atoms with Gasteiger partial charge < -0.3 is 10.0 Å². The van der Waals surface area contributed by atoms with E-state index >= 15 is 0 Å². The van der Waals surface area contributed by atoms with Gasteiger partial charge in [0, 0.05) is 26.2 Å². The molecule has 0 radical (unpaired) electrons. The van der Waals surface area contributed by atoms with Gasteiger partial charge in [-0.15, -0.1) is 0 Å². The lowest BCUT2D eigenvalue weighted by Crippen LogP contribution is -2.49. The van der Waals surface area contributed by atoms with Crippen LogP contribution in [0, 0.1) is 0 Å². The zero-order valence-corrected chi connectivity index (χ0v) is 8.85. The molecule has 0 unspecified atom stereocenters.